The molecule has 0 unspecified atom stereocenters. The van der Waals surface area contributed by atoms with Crippen LogP contribution in [0.4, 0.5) is 0 Å². The van der Waals surface area contributed by atoms with Crippen LogP contribution in [-0.2, 0) is 58.5 Å². The average molecular weight is 761 g/mol. The molecule has 312 valence electrons. The average Bonchev–Trinajstić information content (AvgIpc) is 3.18. The molecular formula is C41H76O12. The minimum Gasteiger partial charge on any atom is -0.491 e. The van der Waals surface area contributed by atoms with Crippen LogP contribution in [0.1, 0.15) is 77.2 Å². The molecule has 0 amide bonds. The number of benzene rings is 1. The van der Waals surface area contributed by atoms with Gasteiger partial charge in [0.25, 0.3) is 0 Å². The third kappa shape index (κ3) is 38.6. The number of rotatable bonds is 45. The molecule has 12 heteroatoms. The van der Waals surface area contributed by atoms with Gasteiger partial charge in [-0.05, 0) is 37.0 Å². The fourth-order valence-corrected chi connectivity index (χ4v) is 4.84. The van der Waals surface area contributed by atoms with E-state index in [2.05, 4.69) is 38.1 Å². The smallest absolute Gasteiger partial charge is 0.119 e. The molecule has 0 aliphatic heterocycles. The molecule has 0 heterocycles. The lowest BCUT2D eigenvalue weighted by molar-refractivity contribution is -0.0277. The van der Waals surface area contributed by atoms with Gasteiger partial charge in [-0.25, -0.2) is 0 Å². The van der Waals surface area contributed by atoms with Gasteiger partial charge in [-0.2, -0.15) is 0 Å². The van der Waals surface area contributed by atoms with Crippen LogP contribution in [0.2, 0.25) is 0 Å². The van der Waals surface area contributed by atoms with Gasteiger partial charge in [0.05, 0.1) is 139 Å². The maximum Gasteiger partial charge on any atom is 0.119 e. The predicted molar refractivity (Wildman–Crippen MR) is 208 cm³/mol. The monoisotopic (exact) mass is 761 g/mol. The summed E-state index contributed by atoms with van der Waals surface area (Å²) in [5, 5.41) is 0. The summed E-state index contributed by atoms with van der Waals surface area (Å²) >= 11 is 0. The molecule has 0 saturated carbocycles. The molecule has 0 atom stereocenters. The van der Waals surface area contributed by atoms with Crippen molar-refractivity contribution in [3.8, 4) is 5.75 Å². The number of ether oxygens (including phenoxy) is 12. The molecule has 0 N–H and O–H groups in total. The van der Waals surface area contributed by atoms with Crippen LogP contribution in [0.3, 0.4) is 0 Å². The van der Waals surface area contributed by atoms with E-state index in [-0.39, 0.29) is 0 Å². The molecule has 0 spiro atoms. The fourth-order valence-electron chi connectivity index (χ4n) is 4.84. The van der Waals surface area contributed by atoms with Crippen molar-refractivity contribution in [2.24, 2.45) is 0 Å². The van der Waals surface area contributed by atoms with E-state index in [1.807, 2.05) is 0 Å². The van der Waals surface area contributed by atoms with Gasteiger partial charge in [-0.3, -0.25) is 0 Å². The second kappa shape index (κ2) is 43.3. The van der Waals surface area contributed by atoms with Crippen LogP contribution in [0.5, 0.6) is 5.75 Å². The molecular weight excluding hydrogens is 684 g/mol. The second-order valence-corrected chi connectivity index (χ2v) is 12.5. The summed E-state index contributed by atoms with van der Waals surface area (Å²) in [6.45, 7) is 17.1. The molecule has 0 bridgehead atoms. The van der Waals surface area contributed by atoms with Crippen molar-refractivity contribution in [3.63, 3.8) is 0 Å². The third-order valence-electron chi connectivity index (χ3n) is 7.85. The Morgan fingerprint density at radius 1 is 0.283 bits per heavy atom. The topological polar surface area (TPSA) is 111 Å². The van der Waals surface area contributed by atoms with Crippen LogP contribution in [0, 0.1) is 0 Å². The zero-order chi connectivity index (χ0) is 37.8. The van der Waals surface area contributed by atoms with Crippen LogP contribution in [0.15, 0.2) is 24.3 Å². The Morgan fingerprint density at radius 3 is 0.925 bits per heavy atom. The summed E-state index contributed by atoms with van der Waals surface area (Å²) in [5.41, 5.74) is 1.38. The van der Waals surface area contributed by atoms with E-state index in [0.717, 1.165) is 25.2 Å². The molecule has 0 fully saturated rings. The largest absolute Gasteiger partial charge is 0.491 e. The maximum absolute atomic E-state index is 5.78. The molecule has 1 rings (SSSR count). The van der Waals surface area contributed by atoms with Crippen molar-refractivity contribution in [3.05, 3.63) is 29.8 Å². The van der Waals surface area contributed by atoms with E-state index in [0.29, 0.717) is 145 Å². The van der Waals surface area contributed by atoms with Crippen LogP contribution in [0.25, 0.3) is 0 Å². The highest BCUT2D eigenvalue weighted by molar-refractivity contribution is 5.27. The van der Waals surface area contributed by atoms with Crippen molar-refractivity contribution in [1.29, 1.82) is 0 Å². The first-order chi connectivity index (χ1) is 26.4. The first-order valence-corrected chi connectivity index (χ1v) is 20.4. The van der Waals surface area contributed by atoms with E-state index in [4.69, 9.17) is 56.8 Å². The van der Waals surface area contributed by atoms with Gasteiger partial charge in [0, 0.05) is 6.61 Å². The molecule has 1 aromatic rings. The molecule has 0 aromatic heterocycles. The van der Waals surface area contributed by atoms with Gasteiger partial charge in [0.15, 0.2) is 0 Å². The lowest BCUT2D eigenvalue weighted by atomic mass is 10.0. The van der Waals surface area contributed by atoms with Gasteiger partial charge in [0.2, 0.25) is 0 Å². The summed E-state index contributed by atoms with van der Waals surface area (Å²) in [7, 11) is 0. The highest BCUT2D eigenvalue weighted by Gasteiger charge is 1.99. The second-order valence-electron chi connectivity index (χ2n) is 12.5. The van der Waals surface area contributed by atoms with Gasteiger partial charge in [0.1, 0.15) is 12.4 Å². The summed E-state index contributed by atoms with van der Waals surface area (Å²) < 4.78 is 66.4. The first-order valence-electron chi connectivity index (χ1n) is 20.4. The summed E-state index contributed by atoms with van der Waals surface area (Å²) in [5.74, 6) is 0.886. The van der Waals surface area contributed by atoms with Gasteiger partial charge < -0.3 is 56.8 Å². The summed E-state index contributed by atoms with van der Waals surface area (Å²) in [4.78, 5) is 0. The Bertz CT molecular complexity index is 817. The lowest BCUT2D eigenvalue weighted by Crippen LogP contribution is -2.15. The van der Waals surface area contributed by atoms with Crippen LogP contribution >= 0.6 is 0 Å². The molecule has 0 aliphatic carbocycles. The quantitative estimate of drug-likeness (QED) is 0.0692. The Hall–Kier alpha value is -1.42. The van der Waals surface area contributed by atoms with Crippen molar-refractivity contribution in [2.75, 3.05) is 152 Å². The van der Waals surface area contributed by atoms with Gasteiger partial charge in [-0.15, -0.1) is 0 Å². The SMILES string of the molecule is CCCCCCCCc1ccc(OCCOCCOCCOCCOCCOCCOCCOCCOCCOCCOCCOCCCCC)cc1. The molecule has 0 radical (unpaired) electrons. The van der Waals surface area contributed by atoms with Crippen LogP contribution in [-0.4, -0.2) is 152 Å². The lowest BCUT2D eigenvalue weighted by Gasteiger charge is -2.09. The van der Waals surface area contributed by atoms with E-state index < -0.39 is 0 Å². The Labute approximate surface area is 322 Å². The molecule has 0 saturated heterocycles. The molecule has 12 nitrogen and oxygen atoms in total. The van der Waals surface area contributed by atoms with Crippen molar-refractivity contribution < 1.29 is 56.8 Å². The van der Waals surface area contributed by atoms with Gasteiger partial charge >= 0.3 is 0 Å². The number of hydrogen-bond acceptors (Lipinski definition) is 12. The van der Waals surface area contributed by atoms with Crippen LogP contribution < -0.4 is 4.74 Å². The maximum atomic E-state index is 5.78. The first kappa shape index (κ1) is 49.6. The van der Waals surface area contributed by atoms with E-state index >= 15 is 0 Å². The summed E-state index contributed by atoms with van der Waals surface area (Å²) in [6.07, 6.45) is 12.6. The highest BCUT2D eigenvalue weighted by Crippen LogP contribution is 2.15. The van der Waals surface area contributed by atoms with Crippen molar-refractivity contribution in [1.82, 2.24) is 0 Å². The normalized spacial score (nSPS) is 11.5. The number of aryl methyl sites for hydroxylation is 1. The number of unbranched alkanes of at least 4 members (excludes halogenated alkanes) is 7. The Balaban J connectivity index is 1.67. The van der Waals surface area contributed by atoms with Crippen molar-refractivity contribution in [2.45, 2.75) is 78.1 Å². The zero-order valence-corrected chi connectivity index (χ0v) is 33.5. The third-order valence-corrected chi connectivity index (χ3v) is 7.85. The van der Waals surface area contributed by atoms with E-state index in [1.54, 1.807) is 0 Å². The minimum atomic E-state index is 0.516. The van der Waals surface area contributed by atoms with Crippen molar-refractivity contribution >= 4 is 0 Å². The molecule has 53 heavy (non-hydrogen) atoms. The summed E-state index contributed by atoms with van der Waals surface area (Å²) in [6, 6.07) is 8.44. The molecule has 0 aliphatic rings. The Morgan fingerprint density at radius 2 is 0.566 bits per heavy atom. The minimum absolute atomic E-state index is 0.516. The van der Waals surface area contributed by atoms with E-state index in [9.17, 15) is 0 Å². The fraction of sp³-hybridized carbons (Fsp3) is 0.854. The van der Waals surface area contributed by atoms with E-state index in [1.165, 1.54) is 56.9 Å². The zero-order valence-electron chi connectivity index (χ0n) is 33.5. The van der Waals surface area contributed by atoms with Gasteiger partial charge in [-0.1, -0.05) is 70.9 Å². The standard InChI is InChI=1S/C41H76O12/c1-3-5-7-8-9-10-12-40-13-15-41(16-14-40)53-39-38-52-37-36-51-35-34-50-33-32-49-31-30-48-29-28-47-27-26-46-25-24-45-23-22-44-21-20-43-19-18-42-17-11-6-4-2/h13-16H,3-12,17-39H2,1-2H3. The Kier molecular flexibility index (Phi) is 40.5. The molecule has 1 aromatic carbocycles. The number of hydrogen-bond donors (Lipinski definition) is 0. The highest BCUT2D eigenvalue weighted by atomic mass is 16.6. The predicted octanol–water partition coefficient (Wildman–Crippen LogP) is 6.34.